The van der Waals surface area contributed by atoms with E-state index in [1.54, 1.807) is 6.07 Å². The number of rotatable bonds is 3. The number of nitrogens with one attached hydrogen (secondary N) is 2. The van der Waals surface area contributed by atoms with Gasteiger partial charge in [0.15, 0.2) is 5.13 Å². The zero-order valence-electron chi connectivity index (χ0n) is 11.1. The lowest BCUT2D eigenvalue weighted by atomic mass is 10.1. The van der Waals surface area contributed by atoms with Gasteiger partial charge in [0.05, 0.1) is 16.8 Å². The van der Waals surface area contributed by atoms with E-state index in [9.17, 15) is 9.18 Å². The zero-order valence-corrected chi connectivity index (χ0v) is 11.9. The normalized spacial score (nSPS) is 11.6. The molecule has 0 atom stereocenters. The average molecular weight is 281 g/mol. The summed E-state index contributed by atoms with van der Waals surface area (Å²) in [6.45, 7) is 5.92. The van der Waals surface area contributed by atoms with Crippen LogP contribution in [-0.4, -0.2) is 23.0 Å². The van der Waals surface area contributed by atoms with E-state index in [0.29, 0.717) is 10.6 Å². The van der Waals surface area contributed by atoms with Gasteiger partial charge in [0.1, 0.15) is 5.82 Å². The highest BCUT2D eigenvalue weighted by Gasteiger charge is 2.13. The number of carbonyl (C=O) groups is 1. The molecule has 1 aromatic carbocycles. The first kappa shape index (κ1) is 13.7. The Morgan fingerprint density at radius 1 is 1.42 bits per heavy atom. The highest BCUT2D eigenvalue weighted by atomic mass is 32.1. The van der Waals surface area contributed by atoms with E-state index in [2.05, 4.69) is 15.6 Å². The number of halogens is 1. The van der Waals surface area contributed by atoms with E-state index in [4.69, 9.17) is 0 Å². The fourth-order valence-electron chi connectivity index (χ4n) is 1.59. The molecule has 1 amide bonds. The third-order valence-corrected chi connectivity index (χ3v) is 3.26. The van der Waals surface area contributed by atoms with Crippen molar-refractivity contribution in [3.63, 3.8) is 0 Å². The smallest absolute Gasteiger partial charge is 0.239 e. The highest BCUT2D eigenvalue weighted by Crippen LogP contribution is 2.26. The lowest BCUT2D eigenvalue weighted by Crippen LogP contribution is -2.43. The fourth-order valence-corrected chi connectivity index (χ4v) is 2.44. The molecule has 2 aromatic rings. The van der Waals surface area contributed by atoms with Crippen molar-refractivity contribution in [3.8, 4) is 0 Å². The van der Waals surface area contributed by atoms with Crippen LogP contribution in [-0.2, 0) is 4.79 Å². The Hall–Kier alpha value is -1.69. The minimum atomic E-state index is -0.310. The lowest BCUT2D eigenvalue weighted by Gasteiger charge is -2.20. The van der Waals surface area contributed by atoms with Crippen molar-refractivity contribution in [3.05, 3.63) is 24.0 Å². The van der Waals surface area contributed by atoms with E-state index in [0.717, 1.165) is 4.70 Å². The van der Waals surface area contributed by atoms with Crippen LogP contribution >= 0.6 is 11.3 Å². The summed E-state index contributed by atoms with van der Waals surface area (Å²) in [4.78, 5) is 15.9. The topological polar surface area (TPSA) is 54.0 Å². The van der Waals surface area contributed by atoms with E-state index in [1.807, 2.05) is 20.8 Å². The first-order valence-electron chi connectivity index (χ1n) is 5.94. The molecule has 1 heterocycles. The molecular weight excluding hydrogens is 265 g/mol. The van der Waals surface area contributed by atoms with Crippen molar-refractivity contribution in [1.82, 2.24) is 10.3 Å². The summed E-state index contributed by atoms with van der Waals surface area (Å²) >= 11 is 1.40. The molecule has 2 N–H and O–H groups in total. The first-order valence-corrected chi connectivity index (χ1v) is 6.76. The number of amides is 1. The molecule has 2 rings (SSSR count). The van der Waals surface area contributed by atoms with Crippen LogP contribution in [0.1, 0.15) is 20.8 Å². The second-order valence-electron chi connectivity index (χ2n) is 5.28. The van der Waals surface area contributed by atoms with E-state index in [1.165, 1.54) is 23.5 Å². The summed E-state index contributed by atoms with van der Waals surface area (Å²) in [5, 5.41) is 6.41. The molecule has 19 heavy (non-hydrogen) atoms. The SMILES string of the molecule is CC(C)(C)NC(=O)CNc1nc2cc(F)ccc2s1. The molecule has 4 nitrogen and oxygen atoms in total. The maximum absolute atomic E-state index is 13.0. The highest BCUT2D eigenvalue weighted by molar-refractivity contribution is 7.22. The fraction of sp³-hybridized carbons (Fsp3) is 0.385. The summed E-state index contributed by atoms with van der Waals surface area (Å²) in [6.07, 6.45) is 0. The van der Waals surface area contributed by atoms with Crippen molar-refractivity contribution < 1.29 is 9.18 Å². The quantitative estimate of drug-likeness (QED) is 0.909. The molecule has 0 aliphatic heterocycles. The van der Waals surface area contributed by atoms with Gasteiger partial charge in [-0.05, 0) is 32.9 Å². The third-order valence-electron chi connectivity index (χ3n) is 2.26. The van der Waals surface area contributed by atoms with Crippen LogP contribution in [0.5, 0.6) is 0 Å². The molecule has 6 heteroatoms. The maximum atomic E-state index is 13.0. The van der Waals surface area contributed by atoms with Crippen molar-refractivity contribution in [2.45, 2.75) is 26.3 Å². The Bertz CT molecular complexity index is 603. The molecule has 0 fully saturated rings. The number of carbonyl (C=O) groups excluding carboxylic acids is 1. The van der Waals surface area contributed by atoms with E-state index >= 15 is 0 Å². The van der Waals surface area contributed by atoms with Gasteiger partial charge in [-0.25, -0.2) is 9.37 Å². The Morgan fingerprint density at radius 2 is 2.16 bits per heavy atom. The van der Waals surface area contributed by atoms with Crippen molar-refractivity contribution in [1.29, 1.82) is 0 Å². The van der Waals surface area contributed by atoms with Crippen LogP contribution in [0.4, 0.5) is 9.52 Å². The van der Waals surface area contributed by atoms with Gasteiger partial charge in [-0.3, -0.25) is 4.79 Å². The van der Waals surface area contributed by atoms with Crippen LogP contribution < -0.4 is 10.6 Å². The molecule has 0 saturated carbocycles. The van der Waals surface area contributed by atoms with E-state index in [-0.39, 0.29) is 23.8 Å². The molecule has 0 aliphatic rings. The number of benzene rings is 1. The van der Waals surface area contributed by atoms with Crippen molar-refractivity contribution in [2.75, 3.05) is 11.9 Å². The number of anilines is 1. The van der Waals surface area contributed by atoms with Crippen molar-refractivity contribution in [2.24, 2.45) is 0 Å². The lowest BCUT2D eigenvalue weighted by molar-refractivity contribution is -0.120. The van der Waals surface area contributed by atoms with E-state index < -0.39 is 0 Å². The van der Waals surface area contributed by atoms with Crippen LogP contribution in [0.2, 0.25) is 0 Å². The predicted molar refractivity (Wildman–Crippen MR) is 76.0 cm³/mol. The Labute approximate surface area is 115 Å². The molecular formula is C13H16FN3OS. The minimum absolute atomic E-state index is 0.0991. The average Bonchev–Trinajstić information content (AvgIpc) is 2.66. The summed E-state index contributed by atoms with van der Waals surface area (Å²) in [5.41, 5.74) is 0.346. The Morgan fingerprint density at radius 3 is 2.84 bits per heavy atom. The van der Waals surface area contributed by atoms with Gasteiger partial charge in [0.25, 0.3) is 0 Å². The van der Waals surface area contributed by atoms with Gasteiger partial charge < -0.3 is 10.6 Å². The molecule has 1 aromatic heterocycles. The largest absolute Gasteiger partial charge is 0.352 e. The molecule has 102 valence electrons. The molecule has 0 saturated heterocycles. The monoisotopic (exact) mass is 281 g/mol. The molecule has 0 radical (unpaired) electrons. The molecule has 0 spiro atoms. The number of aromatic nitrogens is 1. The second-order valence-corrected chi connectivity index (χ2v) is 6.31. The van der Waals surface area contributed by atoms with Gasteiger partial charge in [-0.2, -0.15) is 0 Å². The number of hydrogen-bond acceptors (Lipinski definition) is 4. The standard InChI is InChI=1S/C13H16FN3OS/c1-13(2,3)17-11(18)7-15-12-16-9-6-8(14)4-5-10(9)19-12/h4-6H,7H2,1-3H3,(H,15,16)(H,17,18). The molecule has 0 unspecified atom stereocenters. The van der Waals surface area contributed by atoms with Gasteiger partial charge in [0.2, 0.25) is 5.91 Å². The van der Waals surface area contributed by atoms with Crippen LogP contribution in [0, 0.1) is 5.82 Å². The maximum Gasteiger partial charge on any atom is 0.239 e. The second kappa shape index (κ2) is 5.13. The van der Waals surface area contributed by atoms with Crippen molar-refractivity contribution >= 4 is 32.6 Å². The third kappa shape index (κ3) is 3.89. The van der Waals surface area contributed by atoms with Gasteiger partial charge in [-0.1, -0.05) is 11.3 Å². The molecule has 0 bridgehead atoms. The predicted octanol–water partition coefficient (Wildman–Crippen LogP) is 2.76. The number of hydrogen-bond donors (Lipinski definition) is 2. The van der Waals surface area contributed by atoms with Crippen LogP contribution in [0.3, 0.4) is 0 Å². The summed E-state index contributed by atoms with van der Waals surface area (Å²) in [5.74, 6) is -0.409. The minimum Gasteiger partial charge on any atom is -0.352 e. The summed E-state index contributed by atoms with van der Waals surface area (Å²) in [6, 6.07) is 4.46. The van der Waals surface area contributed by atoms with Gasteiger partial charge >= 0.3 is 0 Å². The number of nitrogens with zero attached hydrogens (tertiary/aromatic N) is 1. The number of fused-ring (bicyclic) bond motifs is 1. The summed E-state index contributed by atoms with van der Waals surface area (Å²) < 4.78 is 13.9. The number of thiazole rings is 1. The Kier molecular flexibility index (Phi) is 3.71. The molecule has 0 aliphatic carbocycles. The van der Waals surface area contributed by atoms with Crippen LogP contribution in [0.25, 0.3) is 10.2 Å². The van der Waals surface area contributed by atoms with Gasteiger partial charge in [-0.15, -0.1) is 0 Å². The zero-order chi connectivity index (χ0) is 14.0. The first-order chi connectivity index (χ1) is 8.83. The Balaban J connectivity index is 2.00. The summed E-state index contributed by atoms with van der Waals surface area (Å²) in [7, 11) is 0. The van der Waals surface area contributed by atoms with Crippen LogP contribution in [0.15, 0.2) is 18.2 Å². The van der Waals surface area contributed by atoms with Gasteiger partial charge in [0, 0.05) is 11.6 Å².